The molecule has 1 aliphatic rings. The van der Waals surface area contributed by atoms with E-state index in [0.717, 1.165) is 12.8 Å². The third-order valence-electron chi connectivity index (χ3n) is 3.41. The summed E-state index contributed by atoms with van der Waals surface area (Å²) < 4.78 is 1.87. The van der Waals surface area contributed by atoms with Crippen molar-refractivity contribution in [2.45, 2.75) is 32.7 Å². The van der Waals surface area contributed by atoms with Crippen molar-refractivity contribution in [3.63, 3.8) is 0 Å². The fraction of sp³-hybridized carbons (Fsp3) is 0.583. The Labute approximate surface area is 99.5 Å². The lowest BCUT2D eigenvalue weighted by molar-refractivity contribution is -0.142. The Hall–Kier alpha value is -1.65. The minimum Gasteiger partial charge on any atom is -0.481 e. The molecule has 0 aromatic carbocycles. The lowest BCUT2D eigenvalue weighted by Gasteiger charge is -2.15. The van der Waals surface area contributed by atoms with Gasteiger partial charge in [-0.05, 0) is 12.8 Å². The van der Waals surface area contributed by atoms with Crippen LogP contribution in [0.15, 0.2) is 12.5 Å². The molecule has 1 fully saturated rings. The number of nitrogens with zero attached hydrogens (tertiary/aromatic N) is 2. The van der Waals surface area contributed by atoms with Crippen LogP contribution < -0.4 is 0 Å². The average Bonchev–Trinajstić information content (AvgIpc) is 3.04. The number of carbonyl (C=O) groups is 2. The number of aliphatic carboxylic acids is 1. The smallest absolute Gasteiger partial charge is 0.306 e. The van der Waals surface area contributed by atoms with Crippen molar-refractivity contribution in [3.05, 3.63) is 18.2 Å². The van der Waals surface area contributed by atoms with Crippen molar-refractivity contribution < 1.29 is 14.7 Å². The topological polar surface area (TPSA) is 72.2 Å². The van der Waals surface area contributed by atoms with Crippen LogP contribution in [-0.4, -0.2) is 26.4 Å². The minimum absolute atomic E-state index is 0.135. The zero-order chi connectivity index (χ0) is 12.6. The summed E-state index contributed by atoms with van der Waals surface area (Å²) in [5, 5.41) is 8.92. The minimum atomic E-state index is -0.941. The predicted molar refractivity (Wildman–Crippen MR) is 60.8 cm³/mol. The number of carboxylic acid groups (broad SMARTS) is 1. The number of ketones is 1. The van der Waals surface area contributed by atoms with E-state index in [9.17, 15) is 9.59 Å². The molecule has 0 bridgehead atoms. The van der Waals surface area contributed by atoms with Gasteiger partial charge in [-0.25, -0.2) is 4.98 Å². The highest BCUT2D eigenvalue weighted by atomic mass is 16.4. The first-order valence-electron chi connectivity index (χ1n) is 5.81. The summed E-state index contributed by atoms with van der Waals surface area (Å²) >= 11 is 0. The molecule has 2 atom stereocenters. The van der Waals surface area contributed by atoms with Crippen molar-refractivity contribution in [2.75, 3.05) is 0 Å². The normalized spacial score (nSPS) is 18.7. The molecule has 0 saturated heterocycles. The number of carboxylic acids is 1. The summed E-state index contributed by atoms with van der Waals surface area (Å²) in [7, 11) is 0. The highest BCUT2D eigenvalue weighted by molar-refractivity contribution is 5.98. The molecule has 0 aliphatic heterocycles. The summed E-state index contributed by atoms with van der Waals surface area (Å²) in [6, 6.07) is 0.379. The molecule has 1 N–H and O–H groups in total. The second-order valence-corrected chi connectivity index (χ2v) is 4.70. The molecule has 2 unspecified atom stereocenters. The number of carbonyl (C=O) groups excluding carboxylic acids is 1. The number of Topliss-reactive ketones (excluding diaryl/α,β-unsaturated/α-hetero) is 1. The summed E-state index contributed by atoms with van der Waals surface area (Å²) in [5.41, 5.74) is 0.535. The Morgan fingerprint density at radius 2 is 2.06 bits per heavy atom. The van der Waals surface area contributed by atoms with Gasteiger partial charge in [0.1, 0.15) is 5.69 Å². The lowest BCUT2D eigenvalue weighted by Crippen LogP contribution is -2.26. The number of hydrogen-bond acceptors (Lipinski definition) is 3. The lowest BCUT2D eigenvalue weighted by atomic mass is 9.90. The Bertz CT molecular complexity index is 448. The van der Waals surface area contributed by atoms with Gasteiger partial charge in [-0.15, -0.1) is 0 Å². The van der Waals surface area contributed by atoms with Gasteiger partial charge < -0.3 is 9.67 Å². The monoisotopic (exact) mass is 236 g/mol. The van der Waals surface area contributed by atoms with Gasteiger partial charge in [0.2, 0.25) is 0 Å². The van der Waals surface area contributed by atoms with Crippen molar-refractivity contribution in [1.82, 2.24) is 9.55 Å². The Balaban J connectivity index is 2.18. The van der Waals surface area contributed by atoms with Gasteiger partial charge in [0.25, 0.3) is 0 Å². The van der Waals surface area contributed by atoms with Crippen LogP contribution in [0, 0.1) is 11.8 Å². The van der Waals surface area contributed by atoms with Crippen LogP contribution in [0.1, 0.15) is 43.2 Å². The van der Waals surface area contributed by atoms with E-state index in [1.807, 2.05) is 4.57 Å². The average molecular weight is 236 g/mol. The fourth-order valence-electron chi connectivity index (χ4n) is 1.81. The highest BCUT2D eigenvalue weighted by Crippen LogP contribution is 2.36. The van der Waals surface area contributed by atoms with Crippen molar-refractivity contribution >= 4 is 11.8 Å². The molecular weight excluding hydrogens is 220 g/mol. The maximum Gasteiger partial charge on any atom is 0.306 e. The summed E-state index contributed by atoms with van der Waals surface area (Å²) in [5.74, 6) is -2.28. The van der Waals surface area contributed by atoms with E-state index in [0.29, 0.717) is 11.7 Å². The number of aromatic nitrogens is 2. The van der Waals surface area contributed by atoms with E-state index in [1.54, 1.807) is 20.2 Å². The van der Waals surface area contributed by atoms with Gasteiger partial charge in [0.15, 0.2) is 5.78 Å². The molecule has 92 valence electrons. The van der Waals surface area contributed by atoms with Gasteiger partial charge in [-0.1, -0.05) is 13.8 Å². The van der Waals surface area contributed by atoms with Gasteiger partial charge in [0, 0.05) is 12.0 Å². The number of hydrogen-bond donors (Lipinski definition) is 1. The Kier molecular flexibility index (Phi) is 3.00. The van der Waals surface area contributed by atoms with E-state index in [1.165, 1.54) is 6.20 Å². The van der Waals surface area contributed by atoms with Crippen LogP contribution in [0.5, 0.6) is 0 Å². The number of imidazole rings is 1. The molecule has 1 aliphatic carbocycles. The van der Waals surface area contributed by atoms with Gasteiger partial charge in [-0.3, -0.25) is 9.59 Å². The molecular formula is C12H16N2O3. The standard InChI is InChI=1S/C12H16N2O3/c1-7(8(2)12(16)17)11(15)10-5-13-6-14(10)9-3-4-9/h5-9H,3-4H2,1-2H3,(H,16,17). The van der Waals surface area contributed by atoms with Crippen LogP contribution in [0.3, 0.4) is 0 Å². The SMILES string of the molecule is CC(C(=O)O)C(C)C(=O)c1cncn1C1CC1. The molecule has 1 aromatic rings. The third-order valence-corrected chi connectivity index (χ3v) is 3.41. The van der Waals surface area contributed by atoms with E-state index < -0.39 is 17.8 Å². The largest absolute Gasteiger partial charge is 0.481 e. The summed E-state index contributed by atoms with van der Waals surface area (Å²) in [6.45, 7) is 3.22. The first-order valence-corrected chi connectivity index (χ1v) is 5.81. The molecule has 5 heteroatoms. The quantitative estimate of drug-likeness (QED) is 0.790. The van der Waals surface area contributed by atoms with E-state index in [2.05, 4.69) is 4.98 Å². The molecule has 0 radical (unpaired) electrons. The zero-order valence-corrected chi connectivity index (χ0v) is 9.96. The molecule has 2 rings (SSSR count). The zero-order valence-electron chi connectivity index (χ0n) is 9.96. The van der Waals surface area contributed by atoms with Crippen molar-refractivity contribution in [2.24, 2.45) is 11.8 Å². The first-order chi connectivity index (χ1) is 8.02. The second-order valence-electron chi connectivity index (χ2n) is 4.70. The Morgan fingerprint density at radius 3 is 2.59 bits per heavy atom. The van der Waals surface area contributed by atoms with Crippen LogP contribution >= 0.6 is 0 Å². The maximum atomic E-state index is 12.2. The van der Waals surface area contributed by atoms with Crippen LogP contribution in [0.2, 0.25) is 0 Å². The molecule has 0 amide bonds. The van der Waals surface area contributed by atoms with Crippen molar-refractivity contribution in [3.8, 4) is 0 Å². The Morgan fingerprint density at radius 1 is 1.41 bits per heavy atom. The molecule has 1 aromatic heterocycles. The maximum absolute atomic E-state index is 12.2. The summed E-state index contributed by atoms with van der Waals surface area (Å²) in [6.07, 6.45) is 5.33. The van der Waals surface area contributed by atoms with Crippen LogP contribution in [0.25, 0.3) is 0 Å². The molecule has 0 spiro atoms. The van der Waals surface area contributed by atoms with Crippen LogP contribution in [0.4, 0.5) is 0 Å². The first kappa shape index (κ1) is 11.8. The van der Waals surface area contributed by atoms with Gasteiger partial charge in [0.05, 0.1) is 18.4 Å². The highest BCUT2D eigenvalue weighted by Gasteiger charge is 2.32. The predicted octanol–water partition coefficient (Wildman–Crippen LogP) is 1.76. The molecule has 17 heavy (non-hydrogen) atoms. The van der Waals surface area contributed by atoms with Gasteiger partial charge in [-0.2, -0.15) is 0 Å². The van der Waals surface area contributed by atoms with Crippen molar-refractivity contribution in [1.29, 1.82) is 0 Å². The second kappa shape index (κ2) is 4.31. The van der Waals surface area contributed by atoms with Crippen LogP contribution in [-0.2, 0) is 4.79 Å². The van der Waals surface area contributed by atoms with E-state index >= 15 is 0 Å². The third kappa shape index (κ3) is 2.23. The fourth-order valence-corrected chi connectivity index (χ4v) is 1.81. The molecule has 5 nitrogen and oxygen atoms in total. The molecule has 1 saturated carbocycles. The summed E-state index contributed by atoms with van der Waals surface area (Å²) in [4.78, 5) is 27.0. The molecule has 1 heterocycles. The van der Waals surface area contributed by atoms with Gasteiger partial charge >= 0.3 is 5.97 Å². The van der Waals surface area contributed by atoms with E-state index in [4.69, 9.17) is 5.11 Å². The van der Waals surface area contributed by atoms with E-state index in [-0.39, 0.29) is 5.78 Å². The number of rotatable bonds is 5.